The van der Waals surface area contributed by atoms with E-state index in [2.05, 4.69) is 22.4 Å². The van der Waals surface area contributed by atoms with E-state index in [-0.39, 0.29) is 4.75 Å². The van der Waals surface area contributed by atoms with Crippen LogP contribution in [0.3, 0.4) is 0 Å². The fourth-order valence-electron chi connectivity index (χ4n) is 2.35. The summed E-state index contributed by atoms with van der Waals surface area (Å²) < 4.78 is 5.89. The van der Waals surface area contributed by atoms with Gasteiger partial charge in [0.1, 0.15) is 0 Å². The number of nitrogens with zero attached hydrogens (tertiary/aromatic N) is 2. The molecule has 0 aromatic carbocycles. The second-order valence-corrected chi connectivity index (χ2v) is 7.11. The molecule has 18 heavy (non-hydrogen) atoms. The van der Waals surface area contributed by atoms with E-state index in [4.69, 9.17) is 4.42 Å². The molecule has 0 bridgehead atoms. The van der Waals surface area contributed by atoms with Gasteiger partial charge < -0.3 is 9.73 Å². The van der Waals surface area contributed by atoms with Gasteiger partial charge in [0.15, 0.2) is 0 Å². The van der Waals surface area contributed by atoms with Crippen LogP contribution in [0.15, 0.2) is 4.42 Å². The molecule has 1 aromatic rings. The van der Waals surface area contributed by atoms with Crippen molar-refractivity contribution in [1.82, 2.24) is 15.5 Å². The van der Waals surface area contributed by atoms with Gasteiger partial charge in [-0.2, -0.15) is 0 Å². The highest BCUT2D eigenvalue weighted by Gasteiger charge is 2.36. The first kappa shape index (κ1) is 12.5. The lowest BCUT2D eigenvalue weighted by Crippen LogP contribution is -2.17. The quantitative estimate of drug-likeness (QED) is 0.803. The Bertz CT molecular complexity index is 397. The summed E-state index contributed by atoms with van der Waals surface area (Å²) in [6, 6.07) is 0.789. The third-order valence-electron chi connectivity index (χ3n) is 3.72. The van der Waals surface area contributed by atoms with E-state index >= 15 is 0 Å². The second kappa shape index (κ2) is 5.21. The molecule has 1 aliphatic carbocycles. The van der Waals surface area contributed by atoms with Gasteiger partial charge in [-0.25, -0.2) is 0 Å². The number of rotatable bonds is 6. The molecule has 1 aromatic heterocycles. The molecular weight excluding hydrogens is 246 g/mol. The second-order valence-electron chi connectivity index (χ2n) is 5.52. The van der Waals surface area contributed by atoms with Crippen LogP contribution in [0.5, 0.6) is 0 Å². The number of hydrogen-bond acceptors (Lipinski definition) is 5. The van der Waals surface area contributed by atoms with Gasteiger partial charge in [-0.15, -0.1) is 22.0 Å². The first-order chi connectivity index (χ1) is 8.76. The van der Waals surface area contributed by atoms with Gasteiger partial charge in [-0.1, -0.05) is 0 Å². The zero-order valence-corrected chi connectivity index (χ0v) is 11.8. The van der Waals surface area contributed by atoms with Crippen molar-refractivity contribution >= 4 is 11.8 Å². The molecule has 3 rings (SSSR count). The highest BCUT2D eigenvalue weighted by atomic mass is 32.2. The summed E-state index contributed by atoms with van der Waals surface area (Å²) in [7, 11) is 0. The summed E-state index contributed by atoms with van der Waals surface area (Å²) in [5.74, 6) is 2.84. The van der Waals surface area contributed by atoms with E-state index in [1.165, 1.54) is 25.0 Å². The van der Waals surface area contributed by atoms with Crippen LogP contribution in [0, 0.1) is 0 Å². The molecule has 0 spiro atoms. The minimum Gasteiger partial charge on any atom is -0.424 e. The topological polar surface area (TPSA) is 51.0 Å². The highest BCUT2D eigenvalue weighted by molar-refractivity contribution is 8.00. The highest BCUT2D eigenvalue weighted by Crippen LogP contribution is 2.45. The Morgan fingerprint density at radius 3 is 3.06 bits per heavy atom. The van der Waals surface area contributed by atoms with E-state index in [1.54, 1.807) is 0 Å². The standard InChI is InChI=1S/C13H21N3OS/c1-13(7-3-9-18-13)12-16-15-11(17-12)4-2-8-14-10-5-6-10/h10,14H,2-9H2,1H3. The Hall–Kier alpha value is -0.550. The number of hydrogen-bond donors (Lipinski definition) is 1. The van der Waals surface area contributed by atoms with Crippen LogP contribution in [0.1, 0.15) is 50.8 Å². The fraction of sp³-hybridized carbons (Fsp3) is 0.846. The molecule has 100 valence electrons. The smallest absolute Gasteiger partial charge is 0.232 e. The van der Waals surface area contributed by atoms with Gasteiger partial charge in [-0.3, -0.25) is 0 Å². The van der Waals surface area contributed by atoms with Crippen molar-refractivity contribution in [3.05, 3.63) is 11.8 Å². The predicted octanol–water partition coefficient (Wildman–Crippen LogP) is 2.50. The van der Waals surface area contributed by atoms with Gasteiger partial charge in [0.05, 0.1) is 4.75 Å². The molecule has 2 fully saturated rings. The number of thioether (sulfide) groups is 1. The normalized spacial score (nSPS) is 27.8. The van der Waals surface area contributed by atoms with Gasteiger partial charge >= 0.3 is 0 Å². The summed E-state index contributed by atoms with van der Waals surface area (Å²) in [4.78, 5) is 0. The van der Waals surface area contributed by atoms with E-state index in [1.807, 2.05) is 11.8 Å². The predicted molar refractivity (Wildman–Crippen MR) is 72.7 cm³/mol. The zero-order chi connectivity index (χ0) is 12.4. The Morgan fingerprint density at radius 2 is 2.33 bits per heavy atom. The molecule has 1 saturated heterocycles. The molecule has 1 saturated carbocycles. The maximum absolute atomic E-state index is 5.82. The number of nitrogens with one attached hydrogen (secondary N) is 1. The molecule has 0 amide bonds. The molecule has 4 nitrogen and oxygen atoms in total. The minimum atomic E-state index is 0.0670. The molecule has 2 heterocycles. The van der Waals surface area contributed by atoms with Crippen molar-refractivity contribution in [3.63, 3.8) is 0 Å². The van der Waals surface area contributed by atoms with Crippen molar-refractivity contribution < 1.29 is 4.42 Å². The summed E-state index contributed by atoms with van der Waals surface area (Å²) in [6.45, 7) is 3.28. The summed E-state index contributed by atoms with van der Waals surface area (Å²) in [5.41, 5.74) is 0. The number of aryl methyl sites for hydroxylation is 1. The Morgan fingerprint density at radius 1 is 1.44 bits per heavy atom. The fourth-order valence-corrected chi connectivity index (χ4v) is 3.58. The maximum atomic E-state index is 5.82. The van der Waals surface area contributed by atoms with Crippen LogP contribution in [-0.2, 0) is 11.2 Å². The summed E-state index contributed by atoms with van der Waals surface area (Å²) in [5, 5.41) is 11.9. The Labute approximate surface area is 112 Å². The van der Waals surface area contributed by atoms with Crippen LogP contribution < -0.4 is 5.32 Å². The van der Waals surface area contributed by atoms with Crippen molar-refractivity contribution in [1.29, 1.82) is 0 Å². The lowest BCUT2D eigenvalue weighted by molar-refractivity contribution is 0.397. The molecule has 0 radical (unpaired) electrons. The molecule has 2 aliphatic rings. The van der Waals surface area contributed by atoms with E-state index < -0.39 is 0 Å². The van der Waals surface area contributed by atoms with Gasteiger partial charge in [0, 0.05) is 12.5 Å². The summed E-state index contributed by atoms with van der Waals surface area (Å²) >= 11 is 1.94. The van der Waals surface area contributed by atoms with E-state index in [9.17, 15) is 0 Å². The monoisotopic (exact) mass is 267 g/mol. The SMILES string of the molecule is CC1(c2nnc(CCCNC3CC3)o2)CCCS1. The van der Waals surface area contributed by atoms with Crippen LogP contribution in [-0.4, -0.2) is 28.5 Å². The largest absolute Gasteiger partial charge is 0.424 e. The number of aromatic nitrogens is 2. The van der Waals surface area contributed by atoms with Crippen molar-refractivity contribution in [2.24, 2.45) is 0 Å². The van der Waals surface area contributed by atoms with E-state index in [0.717, 1.165) is 43.6 Å². The molecule has 1 aliphatic heterocycles. The third-order valence-corrected chi connectivity index (χ3v) is 5.22. The van der Waals surface area contributed by atoms with Gasteiger partial charge in [0.25, 0.3) is 0 Å². The first-order valence-corrected chi connectivity index (χ1v) is 7.95. The summed E-state index contributed by atoms with van der Waals surface area (Å²) in [6.07, 6.45) is 7.09. The van der Waals surface area contributed by atoms with Crippen molar-refractivity contribution in [2.45, 2.75) is 56.2 Å². The molecule has 1 atom stereocenters. The lowest BCUT2D eigenvalue weighted by Gasteiger charge is -2.16. The average Bonchev–Trinajstić information content (AvgIpc) is 2.88. The zero-order valence-electron chi connectivity index (χ0n) is 10.9. The van der Waals surface area contributed by atoms with E-state index in [0.29, 0.717) is 0 Å². The molecule has 1 N–H and O–H groups in total. The molecular formula is C13H21N3OS. The van der Waals surface area contributed by atoms with Crippen molar-refractivity contribution in [2.75, 3.05) is 12.3 Å². The van der Waals surface area contributed by atoms with Crippen LogP contribution >= 0.6 is 11.8 Å². The van der Waals surface area contributed by atoms with Gasteiger partial charge in [-0.05, 0) is 51.3 Å². The van der Waals surface area contributed by atoms with Crippen LogP contribution in [0.4, 0.5) is 0 Å². The lowest BCUT2D eigenvalue weighted by atomic mass is 10.1. The van der Waals surface area contributed by atoms with Crippen LogP contribution in [0.25, 0.3) is 0 Å². The Kier molecular flexibility index (Phi) is 3.61. The van der Waals surface area contributed by atoms with Crippen LogP contribution in [0.2, 0.25) is 0 Å². The Balaban J connectivity index is 1.49. The molecule has 5 heteroatoms. The van der Waals surface area contributed by atoms with Crippen molar-refractivity contribution in [3.8, 4) is 0 Å². The molecule has 1 unspecified atom stereocenters. The minimum absolute atomic E-state index is 0.0670. The maximum Gasteiger partial charge on any atom is 0.232 e. The first-order valence-electron chi connectivity index (χ1n) is 6.96. The van der Waals surface area contributed by atoms with Gasteiger partial charge in [0.2, 0.25) is 11.8 Å². The average molecular weight is 267 g/mol. The third kappa shape index (κ3) is 2.88.